The maximum atomic E-state index is 13.5. The van der Waals surface area contributed by atoms with Crippen molar-refractivity contribution in [2.24, 2.45) is 0 Å². The largest absolute Gasteiger partial charge is 0.383 e. The quantitative estimate of drug-likeness (QED) is 0.888. The average Bonchev–Trinajstić information content (AvgIpc) is 2.88. The van der Waals surface area contributed by atoms with Gasteiger partial charge in [-0.3, -0.25) is 4.79 Å². The van der Waals surface area contributed by atoms with Gasteiger partial charge < -0.3 is 15.2 Å². The third-order valence-corrected chi connectivity index (χ3v) is 2.48. The molecule has 7 heteroatoms. The van der Waals surface area contributed by atoms with Crippen LogP contribution in [0.4, 0.5) is 14.5 Å². The summed E-state index contributed by atoms with van der Waals surface area (Å²) in [4.78, 5) is 11.7. The molecule has 0 fully saturated rings. The summed E-state index contributed by atoms with van der Waals surface area (Å²) in [6.07, 6.45) is 1.36. The second-order valence-electron chi connectivity index (χ2n) is 3.74. The van der Waals surface area contributed by atoms with Crippen LogP contribution in [0.5, 0.6) is 0 Å². The van der Waals surface area contributed by atoms with Crippen LogP contribution < -0.4 is 10.6 Å². The molecule has 1 aromatic carbocycles. The van der Waals surface area contributed by atoms with E-state index in [2.05, 4.69) is 20.3 Å². The van der Waals surface area contributed by atoms with Crippen LogP contribution in [0.25, 0.3) is 0 Å². The van der Waals surface area contributed by atoms with Crippen LogP contribution >= 0.6 is 0 Å². The number of hydrogen-bond donors (Lipinski definition) is 2. The highest BCUT2D eigenvalue weighted by Crippen LogP contribution is 2.20. The maximum Gasteiger partial charge on any atom is 0.251 e. The van der Waals surface area contributed by atoms with E-state index in [1.54, 1.807) is 6.07 Å². The summed E-state index contributed by atoms with van der Waals surface area (Å²) < 4.78 is 31.5. The lowest BCUT2D eigenvalue weighted by molar-refractivity contribution is 0.0949. The Hall–Kier alpha value is -2.44. The van der Waals surface area contributed by atoms with Gasteiger partial charge in [-0.2, -0.15) is 0 Å². The lowest BCUT2D eigenvalue weighted by atomic mass is 10.1. The molecule has 0 aliphatic heterocycles. The van der Waals surface area contributed by atoms with Gasteiger partial charge in [0.2, 0.25) is 0 Å². The Balaban J connectivity index is 2.11. The lowest BCUT2D eigenvalue weighted by Crippen LogP contribution is -2.23. The standard InChI is InChI=1S/C12H11F2N3O2/c1-15-11-9(13)4-7(5-10(11)14)12(18)16-6-8-2-3-19-17-8/h2-5,15H,6H2,1H3,(H,16,18). The molecule has 0 bridgehead atoms. The Kier molecular flexibility index (Phi) is 3.74. The van der Waals surface area contributed by atoms with Crippen molar-refractivity contribution in [3.8, 4) is 0 Å². The highest BCUT2D eigenvalue weighted by Gasteiger charge is 2.14. The second-order valence-corrected chi connectivity index (χ2v) is 3.74. The number of nitrogens with one attached hydrogen (secondary N) is 2. The van der Waals surface area contributed by atoms with Crippen molar-refractivity contribution in [3.05, 3.63) is 47.4 Å². The van der Waals surface area contributed by atoms with E-state index in [0.717, 1.165) is 12.1 Å². The molecule has 0 aliphatic carbocycles. The smallest absolute Gasteiger partial charge is 0.251 e. The van der Waals surface area contributed by atoms with Gasteiger partial charge in [0.1, 0.15) is 29.3 Å². The molecule has 2 rings (SSSR count). The molecule has 0 spiro atoms. The van der Waals surface area contributed by atoms with E-state index in [1.807, 2.05) is 0 Å². The van der Waals surface area contributed by atoms with Crippen molar-refractivity contribution in [2.75, 3.05) is 12.4 Å². The van der Waals surface area contributed by atoms with E-state index >= 15 is 0 Å². The van der Waals surface area contributed by atoms with E-state index in [0.29, 0.717) is 5.69 Å². The minimum Gasteiger partial charge on any atom is -0.383 e. The Labute approximate surface area is 107 Å². The summed E-state index contributed by atoms with van der Waals surface area (Å²) in [6.45, 7) is 0.117. The van der Waals surface area contributed by atoms with Crippen molar-refractivity contribution in [1.29, 1.82) is 0 Å². The fourth-order valence-electron chi connectivity index (χ4n) is 1.54. The molecule has 0 atom stereocenters. The van der Waals surface area contributed by atoms with Crippen LogP contribution in [-0.4, -0.2) is 18.1 Å². The summed E-state index contributed by atoms with van der Waals surface area (Å²) in [6, 6.07) is 3.51. The summed E-state index contributed by atoms with van der Waals surface area (Å²) in [5.41, 5.74) is 0.145. The molecular weight excluding hydrogens is 256 g/mol. The van der Waals surface area contributed by atoms with E-state index in [-0.39, 0.29) is 17.8 Å². The molecule has 0 unspecified atom stereocenters. The van der Waals surface area contributed by atoms with Crippen molar-refractivity contribution >= 4 is 11.6 Å². The van der Waals surface area contributed by atoms with Crippen molar-refractivity contribution in [1.82, 2.24) is 10.5 Å². The van der Waals surface area contributed by atoms with Gasteiger partial charge in [0.15, 0.2) is 0 Å². The first-order valence-electron chi connectivity index (χ1n) is 5.46. The molecule has 0 saturated carbocycles. The van der Waals surface area contributed by atoms with E-state index in [9.17, 15) is 13.6 Å². The molecular formula is C12H11F2N3O2. The molecule has 1 heterocycles. The number of halogens is 2. The predicted octanol–water partition coefficient (Wildman–Crippen LogP) is 1.92. The van der Waals surface area contributed by atoms with Crippen molar-refractivity contribution in [3.63, 3.8) is 0 Å². The minimum atomic E-state index is -0.825. The highest BCUT2D eigenvalue weighted by molar-refractivity contribution is 5.94. The van der Waals surface area contributed by atoms with Gasteiger partial charge in [-0.1, -0.05) is 5.16 Å². The number of nitrogens with zero attached hydrogens (tertiary/aromatic N) is 1. The number of aromatic nitrogens is 1. The Morgan fingerprint density at radius 1 is 1.37 bits per heavy atom. The summed E-state index contributed by atoms with van der Waals surface area (Å²) in [5, 5.41) is 8.45. The molecule has 5 nitrogen and oxygen atoms in total. The van der Waals surface area contributed by atoms with Gasteiger partial charge in [-0.15, -0.1) is 0 Å². The first kappa shape index (κ1) is 13.0. The number of carbonyl (C=O) groups is 1. The summed E-state index contributed by atoms with van der Waals surface area (Å²) in [5.74, 6) is -2.24. The number of rotatable bonds is 4. The lowest BCUT2D eigenvalue weighted by Gasteiger charge is -2.07. The van der Waals surface area contributed by atoms with Crippen LogP contribution in [0, 0.1) is 11.6 Å². The number of benzene rings is 1. The fourth-order valence-corrected chi connectivity index (χ4v) is 1.54. The molecule has 0 aliphatic rings. The molecule has 19 heavy (non-hydrogen) atoms. The second kappa shape index (κ2) is 5.47. The first-order valence-corrected chi connectivity index (χ1v) is 5.46. The molecule has 0 radical (unpaired) electrons. The van der Waals surface area contributed by atoms with Gasteiger partial charge in [0.05, 0.1) is 6.54 Å². The van der Waals surface area contributed by atoms with Gasteiger partial charge >= 0.3 is 0 Å². The molecule has 100 valence electrons. The Morgan fingerprint density at radius 2 is 2.05 bits per heavy atom. The van der Waals surface area contributed by atoms with E-state index < -0.39 is 17.5 Å². The number of hydrogen-bond acceptors (Lipinski definition) is 4. The highest BCUT2D eigenvalue weighted by atomic mass is 19.1. The van der Waals surface area contributed by atoms with Crippen molar-refractivity contribution < 1.29 is 18.1 Å². The predicted molar refractivity (Wildman–Crippen MR) is 63.6 cm³/mol. The number of anilines is 1. The number of amides is 1. The average molecular weight is 267 g/mol. The molecule has 0 saturated heterocycles. The van der Waals surface area contributed by atoms with Crippen LogP contribution in [0.15, 0.2) is 29.0 Å². The van der Waals surface area contributed by atoms with Crippen LogP contribution in [0.3, 0.4) is 0 Å². The normalized spacial score (nSPS) is 10.3. The van der Waals surface area contributed by atoms with Gasteiger partial charge in [-0.05, 0) is 12.1 Å². The first-order chi connectivity index (χ1) is 9.11. The third kappa shape index (κ3) is 2.87. The SMILES string of the molecule is CNc1c(F)cc(C(=O)NCc2ccon2)cc1F. The van der Waals surface area contributed by atoms with E-state index in [1.165, 1.54) is 13.3 Å². The topological polar surface area (TPSA) is 67.2 Å². The van der Waals surface area contributed by atoms with Crippen LogP contribution in [0.1, 0.15) is 16.1 Å². The number of carbonyl (C=O) groups excluding carboxylic acids is 1. The zero-order chi connectivity index (χ0) is 13.8. The van der Waals surface area contributed by atoms with Crippen LogP contribution in [0.2, 0.25) is 0 Å². The fraction of sp³-hybridized carbons (Fsp3) is 0.167. The zero-order valence-corrected chi connectivity index (χ0v) is 10.0. The molecule has 2 aromatic rings. The molecule has 1 amide bonds. The summed E-state index contributed by atoms with van der Waals surface area (Å²) >= 11 is 0. The third-order valence-electron chi connectivity index (χ3n) is 2.48. The van der Waals surface area contributed by atoms with Crippen LogP contribution in [-0.2, 0) is 6.54 Å². The zero-order valence-electron chi connectivity index (χ0n) is 10.0. The maximum absolute atomic E-state index is 13.5. The Bertz CT molecular complexity index is 562. The van der Waals surface area contributed by atoms with Gasteiger partial charge in [0.25, 0.3) is 5.91 Å². The van der Waals surface area contributed by atoms with Gasteiger partial charge in [-0.25, -0.2) is 8.78 Å². The Morgan fingerprint density at radius 3 is 2.58 bits per heavy atom. The monoisotopic (exact) mass is 267 g/mol. The minimum absolute atomic E-state index is 0.0995. The molecule has 1 aromatic heterocycles. The van der Waals surface area contributed by atoms with Gasteiger partial charge in [0, 0.05) is 18.7 Å². The van der Waals surface area contributed by atoms with Crippen molar-refractivity contribution in [2.45, 2.75) is 6.54 Å². The molecule has 2 N–H and O–H groups in total. The summed E-state index contributed by atoms with van der Waals surface area (Å²) in [7, 11) is 1.39. The van der Waals surface area contributed by atoms with E-state index in [4.69, 9.17) is 0 Å².